The van der Waals surface area contributed by atoms with E-state index in [0.29, 0.717) is 0 Å². The summed E-state index contributed by atoms with van der Waals surface area (Å²) in [6.07, 6.45) is 0. The molecule has 40 heavy (non-hydrogen) atoms. The summed E-state index contributed by atoms with van der Waals surface area (Å²) in [5, 5.41) is 2.44. The largest absolute Gasteiger partial charge is 0.453 e. The highest BCUT2D eigenvalue weighted by Crippen LogP contribution is 2.60. The molecule has 2 aliphatic heterocycles. The Balaban J connectivity index is 1.26. The van der Waals surface area contributed by atoms with Crippen molar-refractivity contribution in [2.45, 2.75) is 0 Å². The Labute approximate surface area is 230 Å². The molecule has 0 spiro atoms. The molecule has 0 saturated carbocycles. The lowest BCUT2D eigenvalue weighted by Gasteiger charge is -2.38. The molecule has 2 aliphatic rings. The van der Waals surface area contributed by atoms with Crippen LogP contribution in [0.4, 0.5) is 17.1 Å². The number of nitrogens with zero attached hydrogens (tertiary/aromatic N) is 2. The summed E-state index contributed by atoms with van der Waals surface area (Å²) >= 11 is 0. The molecule has 6 aromatic carbocycles. The van der Waals surface area contributed by atoms with E-state index in [9.17, 15) is 0 Å². The molecule has 0 unspecified atom stereocenters. The van der Waals surface area contributed by atoms with Gasteiger partial charge in [-0.25, -0.2) is 0 Å². The van der Waals surface area contributed by atoms with Crippen LogP contribution in [0.5, 0.6) is 23.0 Å². The van der Waals surface area contributed by atoms with Crippen molar-refractivity contribution in [2.24, 2.45) is 0 Å². The summed E-state index contributed by atoms with van der Waals surface area (Å²) in [7, 11) is 0. The maximum atomic E-state index is 6.50. The molecule has 1 aromatic heterocycles. The molecule has 0 bridgehead atoms. The van der Waals surface area contributed by atoms with Crippen molar-refractivity contribution >= 4 is 38.9 Å². The van der Waals surface area contributed by atoms with Gasteiger partial charge in [0.05, 0.1) is 22.4 Å². The highest BCUT2D eigenvalue weighted by atomic mass is 16.5. The lowest BCUT2D eigenvalue weighted by molar-refractivity contribution is 0.446. The minimum Gasteiger partial charge on any atom is -0.453 e. The van der Waals surface area contributed by atoms with Gasteiger partial charge in [0.1, 0.15) is 5.69 Å². The molecule has 0 radical (unpaired) electrons. The minimum absolute atomic E-state index is 0.785. The van der Waals surface area contributed by atoms with Crippen molar-refractivity contribution in [3.8, 4) is 39.8 Å². The standard InChI is InChI=1S/C36H22N2O2/c1-2-10-25(11-3-1)37-28-13-5-4-12-26(28)27-20-23(18-19-29(27)37)24-21-34-36-35(22-24)40-33-17-9-7-15-31(33)38(36)30-14-6-8-16-32(30)39-34/h1-22H. The van der Waals surface area contributed by atoms with E-state index in [2.05, 4.69) is 107 Å². The molecule has 4 nitrogen and oxygen atoms in total. The molecular formula is C36H22N2O2. The second-order valence-electron chi connectivity index (χ2n) is 10.2. The lowest BCUT2D eigenvalue weighted by Crippen LogP contribution is -2.20. The van der Waals surface area contributed by atoms with Gasteiger partial charge in [0.2, 0.25) is 0 Å². The van der Waals surface area contributed by atoms with Gasteiger partial charge >= 0.3 is 0 Å². The molecule has 0 fully saturated rings. The van der Waals surface area contributed by atoms with Gasteiger partial charge in [0.15, 0.2) is 23.0 Å². The van der Waals surface area contributed by atoms with Gasteiger partial charge < -0.3 is 14.0 Å². The van der Waals surface area contributed by atoms with E-state index in [1.165, 1.54) is 21.8 Å². The van der Waals surface area contributed by atoms with Gasteiger partial charge in [0, 0.05) is 16.5 Å². The number of anilines is 3. The van der Waals surface area contributed by atoms with Crippen LogP contribution in [-0.4, -0.2) is 4.57 Å². The molecule has 9 rings (SSSR count). The second-order valence-corrected chi connectivity index (χ2v) is 10.2. The first-order chi connectivity index (χ1) is 19.8. The van der Waals surface area contributed by atoms with Crippen LogP contribution < -0.4 is 14.4 Å². The maximum absolute atomic E-state index is 6.50. The normalized spacial score (nSPS) is 12.8. The van der Waals surface area contributed by atoms with E-state index in [1.807, 2.05) is 36.4 Å². The number of fused-ring (bicyclic) bond motifs is 7. The summed E-state index contributed by atoms with van der Waals surface area (Å²) < 4.78 is 15.3. The fraction of sp³-hybridized carbons (Fsp3) is 0. The summed E-state index contributed by atoms with van der Waals surface area (Å²) in [6.45, 7) is 0. The Hall–Kier alpha value is -5.48. The molecule has 7 aromatic rings. The van der Waals surface area contributed by atoms with Gasteiger partial charge in [-0.3, -0.25) is 4.90 Å². The molecule has 0 amide bonds. The third-order valence-corrected chi connectivity index (χ3v) is 7.94. The molecule has 0 atom stereocenters. The lowest BCUT2D eigenvalue weighted by atomic mass is 9.99. The molecule has 3 heterocycles. The topological polar surface area (TPSA) is 26.6 Å². The smallest absolute Gasteiger partial charge is 0.156 e. The van der Waals surface area contributed by atoms with Gasteiger partial charge in [-0.2, -0.15) is 0 Å². The van der Waals surface area contributed by atoms with Crippen molar-refractivity contribution in [2.75, 3.05) is 4.90 Å². The van der Waals surface area contributed by atoms with Crippen molar-refractivity contribution in [3.63, 3.8) is 0 Å². The first-order valence-electron chi connectivity index (χ1n) is 13.4. The second kappa shape index (κ2) is 8.01. The van der Waals surface area contributed by atoms with Crippen LogP contribution in [0.1, 0.15) is 0 Å². The van der Waals surface area contributed by atoms with Crippen LogP contribution in [0.25, 0.3) is 38.6 Å². The van der Waals surface area contributed by atoms with Crippen LogP contribution in [-0.2, 0) is 0 Å². The molecule has 4 heteroatoms. The number of hydrogen-bond donors (Lipinski definition) is 0. The van der Waals surface area contributed by atoms with Crippen molar-refractivity contribution in [1.29, 1.82) is 0 Å². The van der Waals surface area contributed by atoms with Crippen LogP contribution in [0.15, 0.2) is 133 Å². The first kappa shape index (κ1) is 21.5. The predicted molar refractivity (Wildman–Crippen MR) is 161 cm³/mol. The third kappa shape index (κ3) is 2.96. The van der Waals surface area contributed by atoms with Gasteiger partial charge in [-0.05, 0) is 77.9 Å². The molecule has 0 aliphatic carbocycles. The SMILES string of the molecule is c1ccc(-n2c3ccccc3c3cc(-c4cc5c6c(c4)Oc4ccccc4N6c4ccccc4O5)ccc32)cc1. The van der Waals surface area contributed by atoms with E-state index in [-0.39, 0.29) is 0 Å². The number of rotatable bonds is 2. The highest BCUT2D eigenvalue weighted by Gasteiger charge is 2.34. The summed E-state index contributed by atoms with van der Waals surface area (Å²) in [6, 6.07) is 46.5. The molecular weight excluding hydrogens is 492 g/mol. The number of hydrogen-bond acceptors (Lipinski definition) is 3. The van der Waals surface area contributed by atoms with Crippen molar-refractivity contribution in [3.05, 3.63) is 133 Å². The fourth-order valence-electron chi connectivity index (χ4n) is 6.20. The predicted octanol–water partition coefficient (Wildman–Crippen LogP) is 10.1. The van der Waals surface area contributed by atoms with Crippen molar-refractivity contribution in [1.82, 2.24) is 4.57 Å². The fourth-order valence-corrected chi connectivity index (χ4v) is 6.20. The number of ether oxygens (including phenoxy) is 2. The Kier molecular flexibility index (Phi) is 4.30. The van der Waals surface area contributed by atoms with Crippen LogP contribution in [0.3, 0.4) is 0 Å². The average molecular weight is 515 g/mol. The van der Waals surface area contributed by atoms with Gasteiger partial charge in [-0.15, -0.1) is 0 Å². The van der Waals surface area contributed by atoms with Crippen LogP contribution in [0, 0.1) is 0 Å². The van der Waals surface area contributed by atoms with E-state index in [4.69, 9.17) is 9.47 Å². The third-order valence-electron chi connectivity index (χ3n) is 7.94. The van der Waals surface area contributed by atoms with E-state index in [0.717, 1.165) is 56.9 Å². The van der Waals surface area contributed by atoms with E-state index >= 15 is 0 Å². The zero-order valence-electron chi connectivity index (χ0n) is 21.4. The minimum atomic E-state index is 0.785. The quantitative estimate of drug-likeness (QED) is 0.230. The maximum Gasteiger partial charge on any atom is 0.156 e. The molecule has 0 N–H and O–H groups in total. The molecule has 188 valence electrons. The number of para-hydroxylation sites is 6. The Morgan fingerprint density at radius 2 is 1.02 bits per heavy atom. The van der Waals surface area contributed by atoms with Crippen LogP contribution >= 0.6 is 0 Å². The Bertz CT molecular complexity index is 2060. The average Bonchev–Trinajstić information content (AvgIpc) is 3.35. The first-order valence-corrected chi connectivity index (χ1v) is 13.4. The number of benzene rings is 6. The van der Waals surface area contributed by atoms with E-state index < -0.39 is 0 Å². The van der Waals surface area contributed by atoms with E-state index in [1.54, 1.807) is 0 Å². The van der Waals surface area contributed by atoms with Crippen LogP contribution in [0.2, 0.25) is 0 Å². The zero-order chi connectivity index (χ0) is 26.2. The highest BCUT2D eigenvalue weighted by molar-refractivity contribution is 6.10. The monoisotopic (exact) mass is 514 g/mol. The summed E-state index contributed by atoms with van der Waals surface area (Å²) in [4.78, 5) is 2.25. The van der Waals surface area contributed by atoms with Gasteiger partial charge in [0.25, 0.3) is 0 Å². The Morgan fingerprint density at radius 1 is 0.425 bits per heavy atom. The number of aromatic nitrogens is 1. The van der Waals surface area contributed by atoms with Gasteiger partial charge in [-0.1, -0.05) is 66.7 Å². The summed E-state index contributed by atoms with van der Waals surface area (Å²) in [5.41, 5.74) is 8.63. The summed E-state index contributed by atoms with van der Waals surface area (Å²) in [5.74, 6) is 3.23. The van der Waals surface area contributed by atoms with Crippen molar-refractivity contribution < 1.29 is 9.47 Å². The zero-order valence-corrected chi connectivity index (χ0v) is 21.4. The molecule has 0 saturated heterocycles. The Morgan fingerprint density at radius 3 is 1.75 bits per heavy atom.